The molecule has 0 atom stereocenters. The summed E-state index contributed by atoms with van der Waals surface area (Å²) in [5.74, 6) is 2.29. The molecule has 0 aliphatic carbocycles. The third kappa shape index (κ3) is 4.90. The summed E-state index contributed by atoms with van der Waals surface area (Å²) in [7, 11) is 1.65. The van der Waals surface area contributed by atoms with Crippen molar-refractivity contribution in [2.75, 3.05) is 37.9 Å². The molecule has 0 amide bonds. The van der Waals surface area contributed by atoms with Crippen molar-refractivity contribution >= 4 is 11.5 Å². The number of hydrogen-bond acceptors (Lipinski definition) is 6. The molecule has 1 aromatic heterocycles. The van der Waals surface area contributed by atoms with Crippen LogP contribution in [0.3, 0.4) is 0 Å². The van der Waals surface area contributed by atoms with E-state index in [1.54, 1.807) is 7.11 Å². The molecule has 1 aromatic rings. The number of aromatic nitrogens is 2. The largest absolute Gasteiger partial charge is 0.476 e. The predicted octanol–water partition coefficient (Wildman–Crippen LogP) is 1.71. The minimum atomic E-state index is 0.449. The third-order valence-electron chi connectivity index (χ3n) is 2.43. The van der Waals surface area contributed by atoms with E-state index in [1.807, 2.05) is 6.92 Å². The monoisotopic (exact) mass is 268 g/mol. The quantitative estimate of drug-likeness (QED) is 0.698. The van der Waals surface area contributed by atoms with Gasteiger partial charge in [-0.2, -0.15) is 4.98 Å². The molecule has 0 aliphatic rings. The number of nitrogens with zero attached hydrogens (tertiary/aromatic N) is 2. The van der Waals surface area contributed by atoms with Crippen LogP contribution in [-0.4, -0.2) is 36.8 Å². The maximum atomic E-state index is 6.00. The first-order valence-electron chi connectivity index (χ1n) is 6.60. The molecule has 0 unspecified atom stereocenters. The van der Waals surface area contributed by atoms with Gasteiger partial charge in [0.15, 0.2) is 5.82 Å². The second kappa shape index (κ2) is 7.78. The molecule has 0 fully saturated rings. The summed E-state index contributed by atoms with van der Waals surface area (Å²) in [5, 5.41) is 3.15. The van der Waals surface area contributed by atoms with Gasteiger partial charge in [0, 0.05) is 20.1 Å². The molecule has 6 nitrogen and oxygen atoms in total. The normalized spacial score (nSPS) is 10.8. The molecule has 0 saturated carbocycles. The summed E-state index contributed by atoms with van der Waals surface area (Å²) in [4.78, 5) is 8.81. The molecule has 0 aromatic carbocycles. The Hall–Kier alpha value is -1.56. The molecule has 0 radical (unpaired) electrons. The van der Waals surface area contributed by atoms with Crippen LogP contribution in [0.25, 0.3) is 0 Å². The second-order valence-corrected chi connectivity index (χ2v) is 4.66. The lowest BCUT2D eigenvalue weighted by Crippen LogP contribution is -2.14. The van der Waals surface area contributed by atoms with Gasteiger partial charge in [0.1, 0.15) is 11.5 Å². The number of methoxy groups -OCH3 is 1. The molecule has 0 bridgehead atoms. The number of nitrogens with one attached hydrogen (secondary N) is 1. The lowest BCUT2D eigenvalue weighted by molar-refractivity contribution is 0.210. The molecule has 1 rings (SSSR count). The van der Waals surface area contributed by atoms with E-state index in [0.29, 0.717) is 43.1 Å². The van der Waals surface area contributed by atoms with Gasteiger partial charge in [-0.05, 0) is 12.8 Å². The summed E-state index contributed by atoms with van der Waals surface area (Å²) in [6.45, 7) is 7.91. The van der Waals surface area contributed by atoms with Crippen molar-refractivity contribution in [3.63, 3.8) is 0 Å². The van der Waals surface area contributed by atoms with Crippen molar-refractivity contribution < 1.29 is 9.47 Å². The highest BCUT2D eigenvalue weighted by atomic mass is 16.5. The zero-order valence-corrected chi connectivity index (χ0v) is 12.2. The fourth-order valence-electron chi connectivity index (χ4n) is 1.60. The van der Waals surface area contributed by atoms with Gasteiger partial charge in [0.25, 0.3) is 0 Å². The van der Waals surface area contributed by atoms with Crippen LogP contribution in [-0.2, 0) is 11.2 Å². The molecule has 1 heterocycles. The number of nitrogen functional groups attached to an aromatic ring is 1. The van der Waals surface area contributed by atoms with E-state index < -0.39 is 0 Å². The Morgan fingerprint density at radius 3 is 2.63 bits per heavy atom. The first kappa shape index (κ1) is 15.5. The number of anilines is 2. The third-order valence-corrected chi connectivity index (χ3v) is 2.43. The lowest BCUT2D eigenvalue weighted by atomic mass is 10.1. The van der Waals surface area contributed by atoms with Crippen LogP contribution in [0.15, 0.2) is 0 Å². The number of nitrogens with two attached hydrogens (primary N) is 1. The highest BCUT2D eigenvalue weighted by Crippen LogP contribution is 2.26. The van der Waals surface area contributed by atoms with Crippen molar-refractivity contribution in [1.82, 2.24) is 9.97 Å². The Morgan fingerprint density at radius 1 is 1.32 bits per heavy atom. The van der Waals surface area contributed by atoms with Crippen LogP contribution in [0.5, 0.6) is 5.88 Å². The summed E-state index contributed by atoms with van der Waals surface area (Å²) in [5.41, 5.74) is 6.45. The zero-order chi connectivity index (χ0) is 14.3. The Balaban J connectivity index is 2.94. The van der Waals surface area contributed by atoms with Gasteiger partial charge in [-0.3, -0.25) is 0 Å². The Bertz CT molecular complexity index is 396. The van der Waals surface area contributed by atoms with Crippen molar-refractivity contribution in [2.24, 2.45) is 5.92 Å². The van der Waals surface area contributed by atoms with Gasteiger partial charge in [0.2, 0.25) is 5.88 Å². The van der Waals surface area contributed by atoms with E-state index in [-0.39, 0.29) is 0 Å². The van der Waals surface area contributed by atoms with Gasteiger partial charge in [-0.15, -0.1) is 0 Å². The summed E-state index contributed by atoms with van der Waals surface area (Å²) in [6, 6.07) is 0. The Morgan fingerprint density at radius 2 is 2.05 bits per heavy atom. The molecule has 3 N–H and O–H groups in total. The molecular weight excluding hydrogens is 244 g/mol. The van der Waals surface area contributed by atoms with Crippen molar-refractivity contribution in [1.29, 1.82) is 0 Å². The molecule has 108 valence electrons. The maximum Gasteiger partial charge on any atom is 0.242 e. The minimum absolute atomic E-state index is 0.449. The topological polar surface area (TPSA) is 82.3 Å². The summed E-state index contributed by atoms with van der Waals surface area (Å²) >= 11 is 0. The van der Waals surface area contributed by atoms with Gasteiger partial charge >= 0.3 is 0 Å². The fourth-order valence-corrected chi connectivity index (χ4v) is 1.60. The summed E-state index contributed by atoms with van der Waals surface area (Å²) < 4.78 is 10.5. The molecule has 19 heavy (non-hydrogen) atoms. The van der Waals surface area contributed by atoms with Gasteiger partial charge in [0.05, 0.1) is 13.2 Å². The predicted molar refractivity (Wildman–Crippen MR) is 76.5 cm³/mol. The van der Waals surface area contributed by atoms with Crippen molar-refractivity contribution in [3.8, 4) is 5.88 Å². The van der Waals surface area contributed by atoms with Crippen molar-refractivity contribution in [2.45, 2.75) is 27.2 Å². The van der Waals surface area contributed by atoms with Crippen LogP contribution in [0.2, 0.25) is 0 Å². The molecular formula is C13H24N4O2. The molecule has 0 aliphatic heterocycles. The average Bonchev–Trinajstić information content (AvgIpc) is 2.34. The first-order chi connectivity index (χ1) is 9.08. The van der Waals surface area contributed by atoms with Crippen LogP contribution in [0.1, 0.15) is 26.6 Å². The number of ether oxygens (including phenoxy) is 2. The zero-order valence-electron chi connectivity index (χ0n) is 12.2. The standard InChI is InChI=1S/C13H24N4O2/c1-5-19-13-11(14)12(15-6-7-18-4)16-10(17-13)8-9(2)3/h9H,5-8,14H2,1-4H3,(H,15,16,17). The average molecular weight is 268 g/mol. The van der Waals surface area contributed by atoms with E-state index in [1.165, 1.54) is 0 Å². The van der Waals surface area contributed by atoms with Gasteiger partial charge in [-0.25, -0.2) is 4.98 Å². The second-order valence-electron chi connectivity index (χ2n) is 4.66. The van der Waals surface area contributed by atoms with E-state index in [4.69, 9.17) is 15.2 Å². The SMILES string of the molecule is CCOc1nc(CC(C)C)nc(NCCOC)c1N. The van der Waals surface area contributed by atoms with E-state index in [2.05, 4.69) is 29.1 Å². The molecule has 0 spiro atoms. The molecule has 6 heteroatoms. The van der Waals surface area contributed by atoms with Crippen LogP contribution < -0.4 is 15.8 Å². The molecule has 0 saturated heterocycles. The first-order valence-corrected chi connectivity index (χ1v) is 6.60. The van der Waals surface area contributed by atoms with E-state index in [9.17, 15) is 0 Å². The van der Waals surface area contributed by atoms with Crippen LogP contribution >= 0.6 is 0 Å². The highest BCUT2D eigenvalue weighted by Gasteiger charge is 2.13. The van der Waals surface area contributed by atoms with Gasteiger partial charge < -0.3 is 20.5 Å². The Kier molecular flexibility index (Phi) is 6.35. The van der Waals surface area contributed by atoms with Crippen molar-refractivity contribution in [3.05, 3.63) is 5.82 Å². The fraction of sp³-hybridized carbons (Fsp3) is 0.692. The maximum absolute atomic E-state index is 6.00. The highest BCUT2D eigenvalue weighted by molar-refractivity contribution is 5.66. The van der Waals surface area contributed by atoms with E-state index >= 15 is 0 Å². The van der Waals surface area contributed by atoms with E-state index in [0.717, 1.165) is 12.2 Å². The van der Waals surface area contributed by atoms with Gasteiger partial charge in [-0.1, -0.05) is 13.8 Å². The number of hydrogen-bond donors (Lipinski definition) is 2. The van der Waals surface area contributed by atoms with Crippen LogP contribution in [0.4, 0.5) is 11.5 Å². The minimum Gasteiger partial charge on any atom is -0.476 e. The number of rotatable bonds is 8. The Labute approximate surface area is 114 Å². The smallest absolute Gasteiger partial charge is 0.242 e. The van der Waals surface area contributed by atoms with Crippen LogP contribution in [0, 0.1) is 5.92 Å². The summed E-state index contributed by atoms with van der Waals surface area (Å²) in [6.07, 6.45) is 0.791. The lowest BCUT2D eigenvalue weighted by Gasteiger charge is -2.14.